The Hall–Kier alpha value is -3.55. The summed E-state index contributed by atoms with van der Waals surface area (Å²) in [7, 11) is 0. The normalized spacial score (nSPS) is 13.4. The summed E-state index contributed by atoms with van der Waals surface area (Å²) >= 11 is 0. The standard InChI is InChI=1S/C18H14N2O6/c1-10(17(21)20-12-3-5-15-16(7-12)25-9-24-15)26-18(22)11-2-4-14-13(6-11)19-8-23-14/h2-8,10H,9H2,1H3,(H,20,21). The number of anilines is 1. The molecule has 0 saturated carbocycles. The molecule has 0 bridgehead atoms. The summed E-state index contributed by atoms with van der Waals surface area (Å²) in [5.74, 6) is 0.0852. The number of benzene rings is 2. The predicted molar refractivity (Wildman–Crippen MR) is 90.1 cm³/mol. The zero-order valence-electron chi connectivity index (χ0n) is 13.7. The number of hydrogen-bond donors (Lipinski definition) is 1. The Morgan fingerprint density at radius 2 is 2.00 bits per heavy atom. The van der Waals surface area contributed by atoms with Crippen molar-refractivity contribution in [1.29, 1.82) is 0 Å². The summed E-state index contributed by atoms with van der Waals surface area (Å²) in [5.41, 5.74) is 1.91. The quantitative estimate of drug-likeness (QED) is 0.719. The van der Waals surface area contributed by atoms with E-state index < -0.39 is 18.0 Å². The van der Waals surface area contributed by atoms with E-state index in [1.165, 1.54) is 13.3 Å². The number of ether oxygens (including phenoxy) is 3. The first kappa shape index (κ1) is 15.9. The highest BCUT2D eigenvalue weighted by molar-refractivity contribution is 5.98. The van der Waals surface area contributed by atoms with Gasteiger partial charge in [0.1, 0.15) is 5.52 Å². The van der Waals surface area contributed by atoms with Gasteiger partial charge in [-0.25, -0.2) is 9.78 Å². The largest absolute Gasteiger partial charge is 0.454 e. The summed E-state index contributed by atoms with van der Waals surface area (Å²) in [6.07, 6.45) is 0.308. The average molecular weight is 354 g/mol. The molecule has 1 unspecified atom stereocenters. The summed E-state index contributed by atoms with van der Waals surface area (Å²) in [5, 5.41) is 2.67. The van der Waals surface area contributed by atoms with Gasteiger partial charge in [0.05, 0.1) is 5.56 Å². The molecule has 1 atom stereocenters. The molecule has 2 heterocycles. The Bertz CT molecular complexity index is 996. The fourth-order valence-corrected chi connectivity index (χ4v) is 2.49. The molecule has 0 saturated heterocycles. The van der Waals surface area contributed by atoms with Crippen LogP contribution in [-0.4, -0.2) is 29.8 Å². The van der Waals surface area contributed by atoms with Crippen LogP contribution in [-0.2, 0) is 9.53 Å². The second kappa shape index (κ2) is 6.40. The van der Waals surface area contributed by atoms with Gasteiger partial charge >= 0.3 is 5.97 Å². The van der Waals surface area contributed by atoms with Gasteiger partial charge in [0.25, 0.3) is 5.91 Å². The molecule has 1 aliphatic heterocycles. The lowest BCUT2D eigenvalue weighted by atomic mass is 10.2. The molecule has 4 rings (SSSR count). The van der Waals surface area contributed by atoms with Crippen LogP contribution < -0.4 is 14.8 Å². The van der Waals surface area contributed by atoms with Gasteiger partial charge in [-0.1, -0.05) is 0 Å². The Kier molecular flexibility index (Phi) is 3.92. The number of nitrogens with zero attached hydrogens (tertiary/aromatic N) is 1. The third-order valence-electron chi connectivity index (χ3n) is 3.86. The fourth-order valence-electron chi connectivity index (χ4n) is 2.49. The van der Waals surface area contributed by atoms with E-state index in [-0.39, 0.29) is 12.4 Å². The number of aromatic nitrogens is 1. The molecule has 0 spiro atoms. The zero-order chi connectivity index (χ0) is 18.1. The van der Waals surface area contributed by atoms with Crippen molar-refractivity contribution < 1.29 is 28.2 Å². The van der Waals surface area contributed by atoms with E-state index in [4.69, 9.17) is 18.6 Å². The second-order valence-corrected chi connectivity index (χ2v) is 5.64. The van der Waals surface area contributed by atoms with E-state index in [1.54, 1.807) is 36.4 Å². The summed E-state index contributed by atoms with van der Waals surface area (Å²) in [6, 6.07) is 9.74. The molecule has 8 nitrogen and oxygen atoms in total. The molecule has 2 aromatic carbocycles. The number of nitrogens with one attached hydrogen (secondary N) is 1. The van der Waals surface area contributed by atoms with Crippen LogP contribution in [0.1, 0.15) is 17.3 Å². The van der Waals surface area contributed by atoms with Crippen molar-refractivity contribution in [2.45, 2.75) is 13.0 Å². The molecule has 0 radical (unpaired) electrons. The molecule has 8 heteroatoms. The maximum absolute atomic E-state index is 12.3. The van der Waals surface area contributed by atoms with Crippen LogP contribution >= 0.6 is 0 Å². The zero-order valence-corrected chi connectivity index (χ0v) is 13.7. The molecule has 26 heavy (non-hydrogen) atoms. The van der Waals surface area contributed by atoms with E-state index in [0.717, 1.165) is 0 Å². The van der Waals surface area contributed by atoms with Crippen molar-refractivity contribution in [2.24, 2.45) is 0 Å². The van der Waals surface area contributed by atoms with Crippen LogP contribution in [0.15, 0.2) is 47.2 Å². The van der Waals surface area contributed by atoms with Gasteiger partial charge in [0, 0.05) is 11.8 Å². The topological polar surface area (TPSA) is 99.9 Å². The Labute approximate surface area is 147 Å². The van der Waals surface area contributed by atoms with Gasteiger partial charge in [-0.3, -0.25) is 4.79 Å². The van der Waals surface area contributed by atoms with Gasteiger partial charge < -0.3 is 23.9 Å². The number of fused-ring (bicyclic) bond motifs is 2. The number of carbonyl (C=O) groups is 2. The summed E-state index contributed by atoms with van der Waals surface area (Å²) in [4.78, 5) is 28.5. The van der Waals surface area contributed by atoms with Crippen LogP contribution in [0.5, 0.6) is 11.5 Å². The first-order chi connectivity index (χ1) is 12.6. The minimum absolute atomic E-state index is 0.149. The minimum Gasteiger partial charge on any atom is -0.454 e. The van der Waals surface area contributed by atoms with E-state index in [2.05, 4.69) is 10.3 Å². The highest BCUT2D eigenvalue weighted by Gasteiger charge is 2.21. The molecule has 132 valence electrons. The smallest absolute Gasteiger partial charge is 0.338 e. The summed E-state index contributed by atoms with van der Waals surface area (Å²) in [6.45, 7) is 1.64. The first-order valence-electron chi connectivity index (χ1n) is 7.85. The van der Waals surface area contributed by atoms with Gasteiger partial charge in [-0.2, -0.15) is 0 Å². The number of carbonyl (C=O) groups excluding carboxylic acids is 2. The molecular weight excluding hydrogens is 340 g/mol. The molecule has 3 aromatic rings. The van der Waals surface area contributed by atoms with Gasteiger partial charge in [-0.15, -0.1) is 0 Å². The van der Waals surface area contributed by atoms with Crippen LogP contribution in [0.3, 0.4) is 0 Å². The van der Waals surface area contributed by atoms with Crippen molar-refractivity contribution >= 4 is 28.7 Å². The predicted octanol–water partition coefficient (Wildman–Crippen LogP) is 2.74. The molecule has 1 aromatic heterocycles. The third-order valence-corrected chi connectivity index (χ3v) is 3.86. The van der Waals surface area contributed by atoms with Gasteiger partial charge in [0.2, 0.25) is 6.79 Å². The van der Waals surface area contributed by atoms with Crippen molar-refractivity contribution in [3.63, 3.8) is 0 Å². The third kappa shape index (κ3) is 3.04. The molecule has 1 N–H and O–H groups in total. The second-order valence-electron chi connectivity index (χ2n) is 5.64. The van der Waals surface area contributed by atoms with Crippen LogP contribution in [0.2, 0.25) is 0 Å². The Morgan fingerprint density at radius 3 is 2.88 bits per heavy atom. The van der Waals surface area contributed by atoms with Crippen LogP contribution in [0, 0.1) is 0 Å². The maximum Gasteiger partial charge on any atom is 0.338 e. The van der Waals surface area contributed by atoms with E-state index in [9.17, 15) is 9.59 Å². The molecule has 0 fully saturated rings. The van der Waals surface area contributed by atoms with E-state index in [0.29, 0.717) is 28.3 Å². The lowest BCUT2D eigenvalue weighted by molar-refractivity contribution is -0.123. The number of amides is 1. The first-order valence-corrected chi connectivity index (χ1v) is 7.85. The van der Waals surface area contributed by atoms with Crippen LogP contribution in [0.4, 0.5) is 5.69 Å². The monoisotopic (exact) mass is 354 g/mol. The van der Waals surface area contributed by atoms with Crippen molar-refractivity contribution in [1.82, 2.24) is 4.98 Å². The number of oxazole rings is 1. The van der Waals surface area contributed by atoms with Gasteiger partial charge in [0.15, 0.2) is 29.6 Å². The van der Waals surface area contributed by atoms with Gasteiger partial charge in [-0.05, 0) is 37.3 Å². The highest BCUT2D eigenvalue weighted by Crippen LogP contribution is 2.34. The molecule has 0 aliphatic carbocycles. The highest BCUT2D eigenvalue weighted by atomic mass is 16.7. The van der Waals surface area contributed by atoms with Crippen LogP contribution in [0.25, 0.3) is 11.1 Å². The van der Waals surface area contributed by atoms with Crippen molar-refractivity contribution in [2.75, 3.05) is 12.1 Å². The number of esters is 1. The minimum atomic E-state index is -0.985. The SMILES string of the molecule is CC(OC(=O)c1ccc2ocnc2c1)C(=O)Nc1ccc2c(c1)OCO2. The lowest BCUT2D eigenvalue weighted by Crippen LogP contribution is -2.30. The van der Waals surface area contributed by atoms with Crippen molar-refractivity contribution in [3.8, 4) is 11.5 Å². The molecule has 1 aliphatic rings. The van der Waals surface area contributed by atoms with Crippen molar-refractivity contribution in [3.05, 3.63) is 48.4 Å². The Morgan fingerprint density at radius 1 is 1.15 bits per heavy atom. The Balaban J connectivity index is 1.41. The fraction of sp³-hybridized carbons (Fsp3) is 0.167. The van der Waals surface area contributed by atoms with E-state index in [1.807, 2.05) is 0 Å². The lowest BCUT2D eigenvalue weighted by Gasteiger charge is -2.13. The molecule has 1 amide bonds. The summed E-state index contributed by atoms with van der Waals surface area (Å²) < 4.78 is 20.8. The number of rotatable bonds is 4. The molecular formula is C18H14N2O6. The van der Waals surface area contributed by atoms with E-state index >= 15 is 0 Å². The average Bonchev–Trinajstić information content (AvgIpc) is 3.29. The number of hydrogen-bond acceptors (Lipinski definition) is 7. The maximum atomic E-state index is 12.3.